The van der Waals surface area contributed by atoms with Crippen molar-refractivity contribution in [1.82, 2.24) is 10.2 Å². The summed E-state index contributed by atoms with van der Waals surface area (Å²) >= 11 is 0. The van der Waals surface area contributed by atoms with Crippen molar-refractivity contribution in [2.45, 2.75) is 6.92 Å². The monoisotopic (exact) mass is 237 g/mol. The molecular weight excluding hydrogens is 218 g/mol. The minimum Gasteiger partial charge on any atom is -0.492 e. The number of hydrogen-bond acceptors (Lipinski definition) is 3. The maximum atomic E-state index is 11.4. The highest BCUT2D eigenvalue weighted by Gasteiger charge is 2.04. The summed E-state index contributed by atoms with van der Waals surface area (Å²) in [6, 6.07) is 7.11. The van der Waals surface area contributed by atoms with Crippen LogP contribution in [-0.4, -0.2) is 37.7 Å². The van der Waals surface area contributed by atoms with Crippen molar-refractivity contribution in [3.8, 4) is 5.75 Å². The molecule has 0 aromatic heterocycles. The van der Waals surface area contributed by atoms with E-state index >= 15 is 0 Å². The van der Waals surface area contributed by atoms with E-state index in [4.69, 9.17) is 10.5 Å². The molecule has 0 unspecified atom stereocenters. The predicted molar refractivity (Wildman–Crippen MR) is 68.1 cm³/mol. The van der Waals surface area contributed by atoms with Gasteiger partial charge < -0.3 is 20.7 Å². The summed E-state index contributed by atoms with van der Waals surface area (Å²) in [7, 11) is 1.74. The second-order valence-electron chi connectivity index (χ2n) is 3.67. The Hall–Kier alpha value is -1.91. The number of carbonyl (C=O) groups is 1. The molecule has 0 atom stereocenters. The molecule has 0 aliphatic carbocycles. The van der Waals surface area contributed by atoms with Crippen molar-refractivity contribution < 1.29 is 9.53 Å². The van der Waals surface area contributed by atoms with Gasteiger partial charge >= 0.3 is 6.03 Å². The van der Waals surface area contributed by atoms with Gasteiger partial charge in [-0.1, -0.05) is 6.07 Å². The Balaban J connectivity index is 2.22. The van der Waals surface area contributed by atoms with Crippen molar-refractivity contribution in [3.63, 3.8) is 0 Å². The number of rotatable bonds is 5. The highest BCUT2D eigenvalue weighted by molar-refractivity contribution is 5.73. The Morgan fingerprint density at radius 1 is 1.53 bits per heavy atom. The maximum absolute atomic E-state index is 11.4. The van der Waals surface area contributed by atoms with Crippen LogP contribution < -0.4 is 15.8 Å². The van der Waals surface area contributed by atoms with E-state index in [-0.39, 0.29) is 6.03 Å². The van der Waals surface area contributed by atoms with E-state index in [0.29, 0.717) is 31.1 Å². The quantitative estimate of drug-likeness (QED) is 0.599. The molecule has 0 saturated carbocycles. The normalized spacial score (nSPS) is 9.76. The average Bonchev–Trinajstić information content (AvgIpc) is 2.33. The molecule has 17 heavy (non-hydrogen) atoms. The molecule has 5 heteroatoms. The molecule has 5 nitrogen and oxygen atoms in total. The number of nitrogens with two attached hydrogens (primary N) is 1. The van der Waals surface area contributed by atoms with Crippen molar-refractivity contribution in [2.24, 2.45) is 0 Å². The fraction of sp³-hybridized carbons (Fsp3) is 0.417. The summed E-state index contributed by atoms with van der Waals surface area (Å²) in [5.74, 6) is 0.711. The average molecular weight is 237 g/mol. The van der Waals surface area contributed by atoms with Crippen LogP contribution in [0.25, 0.3) is 0 Å². The van der Waals surface area contributed by atoms with E-state index < -0.39 is 0 Å². The molecule has 3 N–H and O–H groups in total. The molecule has 0 saturated heterocycles. The van der Waals surface area contributed by atoms with Crippen LogP contribution in [0.1, 0.15) is 6.92 Å². The van der Waals surface area contributed by atoms with Gasteiger partial charge in [-0.15, -0.1) is 0 Å². The van der Waals surface area contributed by atoms with Crippen molar-refractivity contribution in [2.75, 3.05) is 32.5 Å². The van der Waals surface area contributed by atoms with Crippen LogP contribution in [0.5, 0.6) is 5.75 Å². The predicted octanol–water partition coefficient (Wildman–Crippen LogP) is 1.31. The van der Waals surface area contributed by atoms with Gasteiger partial charge in [-0.05, 0) is 19.1 Å². The number of anilines is 1. The largest absolute Gasteiger partial charge is 0.492 e. The standard InChI is InChI=1S/C12H19N3O2/c1-3-15(2)12(16)14-7-8-17-11-6-4-5-10(13)9-11/h4-6,9H,3,7-8,13H2,1-2H3,(H,14,16). The SMILES string of the molecule is CCN(C)C(=O)NCCOc1cccc(N)c1. The van der Waals surface area contributed by atoms with Gasteiger partial charge in [0, 0.05) is 25.3 Å². The molecule has 0 heterocycles. The summed E-state index contributed by atoms with van der Waals surface area (Å²) in [6.45, 7) is 3.50. The van der Waals surface area contributed by atoms with Crippen LogP contribution in [0.3, 0.4) is 0 Å². The minimum absolute atomic E-state index is 0.0938. The number of nitrogens with one attached hydrogen (secondary N) is 1. The number of ether oxygens (including phenoxy) is 1. The lowest BCUT2D eigenvalue weighted by atomic mass is 10.3. The van der Waals surface area contributed by atoms with Crippen LogP contribution >= 0.6 is 0 Å². The number of nitrogens with zero attached hydrogens (tertiary/aromatic N) is 1. The van der Waals surface area contributed by atoms with E-state index in [1.54, 1.807) is 24.1 Å². The molecule has 94 valence electrons. The Morgan fingerprint density at radius 3 is 2.94 bits per heavy atom. The lowest BCUT2D eigenvalue weighted by molar-refractivity contribution is 0.207. The van der Waals surface area contributed by atoms with E-state index in [2.05, 4.69) is 5.32 Å². The summed E-state index contributed by atoms with van der Waals surface area (Å²) < 4.78 is 5.44. The summed E-state index contributed by atoms with van der Waals surface area (Å²) in [6.07, 6.45) is 0. The van der Waals surface area contributed by atoms with Crippen LogP contribution in [0.15, 0.2) is 24.3 Å². The zero-order chi connectivity index (χ0) is 12.7. The number of amides is 2. The van der Waals surface area contributed by atoms with Gasteiger partial charge in [-0.3, -0.25) is 0 Å². The molecule has 0 aliphatic rings. The molecule has 0 bridgehead atoms. The number of benzene rings is 1. The molecule has 0 radical (unpaired) electrons. The van der Waals surface area contributed by atoms with E-state index in [0.717, 1.165) is 0 Å². The van der Waals surface area contributed by atoms with Crippen LogP contribution in [0, 0.1) is 0 Å². The first kappa shape index (κ1) is 13.2. The van der Waals surface area contributed by atoms with Crippen LogP contribution in [-0.2, 0) is 0 Å². The third-order valence-corrected chi connectivity index (χ3v) is 2.33. The number of urea groups is 1. The number of carbonyl (C=O) groups excluding carboxylic acids is 1. The Bertz CT molecular complexity index is 369. The van der Waals surface area contributed by atoms with Gasteiger partial charge in [-0.25, -0.2) is 4.79 Å². The molecule has 2 amide bonds. The zero-order valence-corrected chi connectivity index (χ0v) is 10.3. The van der Waals surface area contributed by atoms with Gasteiger partial charge in [0.25, 0.3) is 0 Å². The van der Waals surface area contributed by atoms with E-state index in [1.807, 2.05) is 19.1 Å². The molecule has 1 aromatic rings. The Morgan fingerprint density at radius 2 is 2.29 bits per heavy atom. The van der Waals surface area contributed by atoms with Gasteiger partial charge in [0.2, 0.25) is 0 Å². The first-order chi connectivity index (χ1) is 8.13. The van der Waals surface area contributed by atoms with Crippen LogP contribution in [0.4, 0.5) is 10.5 Å². The second-order valence-corrected chi connectivity index (χ2v) is 3.67. The summed E-state index contributed by atoms with van der Waals surface area (Å²) in [4.78, 5) is 13.0. The molecule has 0 fully saturated rings. The smallest absolute Gasteiger partial charge is 0.317 e. The molecule has 1 rings (SSSR count). The highest BCUT2D eigenvalue weighted by Crippen LogP contribution is 2.13. The number of nitrogen functional groups attached to an aromatic ring is 1. The lowest BCUT2D eigenvalue weighted by Crippen LogP contribution is -2.38. The number of hydrogen-bond donors (Lipinski definition) is 2. The fourth-order valence-electron chi connectivity index (χ4n) is 1.21. The molecule has 1 aromatic carbocycles. The maximum Gasteiger partial charge on any atom is 0.317 e. The third kappa shape index (κ3) is 4.63. The van der Waals surface area contributed by atoms with Gasteiger partial charge in [0.1, 0.15) is 12.4 Å². The molecule has 0 aliphatic heterocycles. The zero-order valence-electron chi connectivity index (χ0n) is 10.3. The first-order valence-corrected chi connectivity index (χ1v) is 5.60. The fourth-order valence-corrected chi connectivity index (χ4v) is 1.21. The summed E-state index contributed by atoms with van der Waals surface area (Å²) in [5, 5.41) is 2.75. The Kier molecular flexibility index (Phi) is 5.13. The Labute approximate surface area is 102 Å². The van der Waals surface area contributed by atoms with Crippen molar-refractivity contribution >= 4 is 11.7 Å². The first-order valence-electron chi connectivity index (χ1n) is 5.60. The summed E-state index contributed by atoms with van der Waals surface area (Å²) in [5.41, 5.74) is 6.28. The van der Waals surface area contributed by atoms with Crippen LogP contribution in [0.2, 0.25) is 0 Å². The van der Waals surface area contributed by atoms with Gasteiger partial charge in [-0.2, -0.15) is 0 Å². The molecule has 0 spiro atoms. The minimum atomic E-state index is -0.0938. The van der Waals surface area contributed by atoms with Crippen molar-refractivity contribution in [3.05, 3.63) is 24.3 Å². The highest BCUT2D eigenvalue weighted by atomic mass is 16.5. The van der Waals surface area contributed by atoms with Gasteiger partial charge in [0.15, 0.2) is 0 Å². The second kappa shape index (κ2) is 6.62. The van der Waals surface area contributed by atoms with Crippen molar-refractivity contribution in [1.29, 1.82) is 0 Å². The molecular formula is C12H19N3O2. The third-order valence-electron chi connectivity index (χ3n) is 2.33. The lowest BCUT2D eigenvalue weighted by Gasteiger charge is -2.15. The topological polar surface area (TPSA) is 67.6 Å². The van der Waals surface area contributed by atoms with E-state index in [9.17, 15) is 4.79 Å². The van der Waals surface area contributed by atoms with E-state index in [1.165, 1.54) is 0 Å². The van der Waals surface area contributed by atoms with Gasteiger partial charge in [0.05, 0.1) is 6.54 Å².